The fourth-order valence-corrected chi connectivity index (χ4v) is 1.32. The monoisotopic (exact) mass is 182 g/mol. The summed E-state index contributed by atoms with van der Waals surface area (Å²) >= 11 is 0. The van der Waals surface area contributed by atoms with Crippen LogP contribution in [0.4, 0.5) is 4.20 Å². The highest BCUT2D eigenvalue weighted by molar-refractivity contribution is 7.52. The lowest BCUT2D eigenvalue weighted by molar-refractivity contribution is 0.0989. The summed E-state index contributed by atoms with van der Waals surface area (Å²) in [4.78, 5) is 0. The van der Waals surface area contributed by atoms with Crippen molar-refractivity contribution in [3.05, 3.63) is 0 Å². The Labute approximate surface area is 67.7 Å². The van der Waals surface area contributed by atoms with Crippen molar-refractivity contribution in [3.8, 4) is 0 Å². The van der Waals surface area contributed by atoms with Crippen molar-refractivity contribution in [3.63, 3.8) is 0 Å². The van der Waals surface area contributed by atoms with E-state index in [1.807, 2.05) is 20.8 Å². The molecule has 11 heavy (non-hydrogen) atoms. The van der Waals surface area contributed by atoms with E-state index in [2.05, 4.69) is 0 Å². The maximum absolute atomic E-state index is 12.5. The molecule has 0 radical (unpaired) electrons. The Morgan fingerprint density at radius 3 is 1.91 bits per heavy atom. The molecular formula is C7H16FO2P. The van der Waals surface area contributed by atoms with Crippen LogP contribution in [0.2, 0.25) is 0 Å². The summed E-state index contributed by atoms with van der Waals surface area (Å²) in [6.07, 6.45) is -0.330. The highest BCUT2D eigenvalue weighted by atomic mass is 31.2. The van der Waals surface area contributed by atoms with Crippen molar-refractivity contribution in [1.82, 2.24) is 0 Å². The fraction of sp³-hybridized carbons (Fsp3) is 1.00. The van der Waals surface area contributed by atoms with Gasteiger partial charge < -0.3 is 4.52 Å². The Bertz CT molecular complexity index is 168. The first-order valence-electron chi connectivity index (χ1n) is 3.58. The number of hydrogen-bond donors (Lipinski definition) is 0. The molecule has 0 bridgehead atoms. The molecule has 0 heterocycles. The molecule has 4 heteroatoms. The molecule has 2 nitrogen and oxygen atoms in total. The predicted molar refractivity (Wildman–Crippen MR) is 44.6 cm³/mol. The first-order chi connectivity index (χ1) is 4.63. The lowest BCUT2D eigenvalue weighted by atomic mass is 9.91. The van der Waals surface area contributed by atoms with E-state index >= 15 is 0 Å². The third-order valence-corrected chi connectivity index (χ3v) is 2.26. The zero-order chi connectivity index (χ0) is 9.28. The molecule has 0 aromatic rings. The lowest BCUT2D eigenvalue weighted by Crippen LogP contribution is -2.24. The van der Waals surface area contributed by atoms with Crippen LogP contribution in [-0.2, 0) is 9.09 Å². The molecule has 0 rings (SSSR count). The van der Waals surface area contributed by atoms with Crippen LogP contribution in [0.15, 0.2) is 0 Å². The molecule has 0 spiro atoms. The van der Waals surface area contributed by atoms with E-state index < -0.39 is 7.68 Å². The summed E-state index contributed by atoms with van der Waals surface area (Å²) < 4.78 is 27.8. The average molecular weight is 182 g/mol. The van der Waals surface area contributed by atoms with Crippen molar-refractivity contribution >= 4 is 7.68 Å². The quantitative estimate of drug-likeness (QED) is 0.613. The summed E-state index contributed by atoms with van der Waals surface area (Å²) in [5.74, 6) is 0. The van der Waals surface area contributed by atoms with Crippen molar-refractivity contribution in [1.29, 1.82) is 0 Å². The van der Waals surface area contributed by atoms with Gasteiger partial charge in [-0.15, -0.1) is 0 Å². The average Bonchev–Trinajstić information content (AvgIpc) is 1.56. The van der Waals surface area contributed by atoms with Gasteiger partial charge in [0.15, 0.2) is 0 Å². The second kappa shape index (κ2) is 3.24. The normalized spacial score (nSPS) is 20.9. The molecule has 0 N–H and O–H groups in total. The van der Waals surface area contributed by atoms with Crippen LogP contribution in [-0.4, -0.2) is 12.8 Å². The second-order valence-electron chi connectivity index (χ2n) is 3.86. The van der Waals surface area contributed by atoms with Gasteiger partial charge in [-0.05, 0) is 12.3 Å². The van der Waals surface area contributed by atoms with E-state index in [9.17, 15) is 8.76 Å². The number of hydrogen-bond acceptors (Lipinski definition) is 2. The third-order valence-electron chi connectivity index (χ3n) is 1.57. The molecule has 0 saturated carbocycles. The molecular weight excluding hydrogens is 166 g/mol. The zero-order valence-electron chi connectivity index (χ0n) is 7.72. The molecule has 1 unspecified atom stereocenters. The van der Waals surface area contributed by atoms with Crippen LogP contribution in [0.1, 0.15) is 27.7 Å². The molecule has 68 valence electrons. The van der Waals surface area contributed by atoms with E-state index in [4.69, 9.17) is 4.52 Å². The smallest absolute Gasteiger partial charge is 0.302 e. The zero-order valence-corrected chi connectivity index (χ0v) is 8.61. The standard InChI is InChI=1S/C7H16FO2P/c1-6(7(2,3)4)10-11(5,8)9/h6H,1-5H3/t6-,11?/m1/s1. The maximum Gasteiger partial charge on any atom is 0.364 e. The van der Waals surface area contributed by atoms with Gasteiger partial charge in [0.2, 0.25) is 0 Å². The Morgan fingerprint density at radius 2 is 1.82 bits per heavy atom. The van der Waals surface area contributed by atoms with E-state index in [0.29, 0.717) is 0 Å². The SMILES string of the molecule is C[C@@H](OP(C)(=O)F)C(C)(C)C. The topological polar surface area (TPSA) is 26.3 Å². The van der Waals surface area contributed by atoms with Gasteiger partial charge in [0.05, 0.1) is 6.10 Å². The largest absolute Gasteiger partial charge is 0.364 e. The molecule has 0 saturated heterocycles. The van der Waals surface area contributed by atoms with Gasteiger partial charge in [0.25, 0.3) is 0 Å². The minimum Gasteiger partial charge on any atom is -0.302 e. The second-order valence-corrected chi connectivity index (χ2v) is 5.56. The summed E-state index contributed by atoms with van der Waals surface area (Å²) in [5.41, 5.74) is -0.169. The fourth-order valence-electron chi connectivity index (χ4n) is 0.441. The summed E-state index contributed by atoms with van der Waals surface area (Å²) in [6, 6.07) is 0. The number of rotatable bonds is 2. The van der Waals surface area contributed by atoms with Crippen LogP contribution in [0, 0.1) is 5.41 Å². The van der Waals surface area contributed by atoms with Gasteiger partial charge in [-0.25, -0.2) is 0 Å². The predicted octanol–water partition coefficient (Wildman–Crippen LogP) is 3.23. The Hall–Kier alpha value is 0.120. The first kappa shape index (κ1) is 11.1. The summed E-state index contributed by atoms with van der Waals surface area (Å²) in [6.45, 7) is 8.43. The molecule has 0 aliphatic heterocycles. The van der Waals surface area contributed by atoms with Crippen molar-refractivity contribution in [2.75, 3.05) is 6.66 Å². The molecule has 2 atom stereocenters. The van der Waals surface area contributed by atoms with Crippen molar-refractivity contribution in [2.45, 2.75) is 33.8 Å². The first-order valence-corrected chi connectivity index (χ1v) is 5.55. The van der Waals surface area contributed by atoms with E-state index in [1.165, 1.54) is 0 Å². The minimum absolute atomic E-state index is 0.169. The van der Waals surface area contributed by atoms with Gasteiger partial charge in [-0.1, -0.05) is 20.8 Å². The molecule has 0 fully saturated rings. The van der Waals surface area contributed by atoms with E-state index in [0.717, 1.165) is 6.66 Å². The van der Waals surface area contributed by atoms with Gasteiger partial charge in [0.1, 0.15) is 0 Å². The molecule has 0 aromatic heterocycles. The molecule has 0 aliphatic rings. The van der Waals surface area contributed by atoms with Crippen molar-refractivity contribution < 1.29 is 13.3 Å². The molecule has 0 aliphatic carbocycles. The third kappa shape index (κ3) is 5.40. The summed E-state index contributed by atoms with van der Waals surface area (Å²) in [5, 5.41) is 0. The maximum atomic E-state index is 12.5. The van der Waals surface area contributed by atoms with Crippen LogP contribution in [0.3, 0.4) is 0 Å². The Morgan fingerprint density at radius 1 is 1.45 bits per heavy atom. The highest BCUT2D eigenvalue weighted by Gasteiger charge is 2.27. The van der Waals surface area contributed by atoms with Gasteiger partial charge in [-0.2, -0.15) is 4.20 Å². The van der Waals surface area contributed by atoms with Gasteiger partial charge in [0, 0.05) is 6.66 Å². The molecule has 0 amide bonds. The number of halogens is 1. The van der Waals surface area contributed by atoms with Gasteiger partial charge >= 0.3 is 7.68 Å². The Kier molecular flexibility index (Phi) is 3.27. The van der Waals surface area contributed by atoms with Crippen LogP contribution in [0.5, 0.6) is 0 Å². The van der Waals surface area contributed by atoms with Crippen molar-refractivity contribution in [2.24, 2.45) is 5.41 Å². The van der Waals surface area contributed by atoms with Crippen LogP contribution < -0.4 is 0 Å². The van der Waals surface area contributed by atoms with Gasteiger partial charge in [-0.3, -0.25) is 4.57 Å². The van der Waals surface area contributed by atoms with E-state index in [1.54, 1.807) is 6.92 Å². The van der Waals surface area contributed by atoms with Crippen LogP contribution in [0.25, 0.3) is 0 Å². The Balaban J connectivity index is 4.10. The lowest BCUT2D eigenvalue weighted by Gasteiger charge is -2.27. The molecule has 0 aromatic carbocycles. The highest BCUT2D eigenvalue weighted by Crippen LogP contribution is 2.47. The summed E-state index contributed by atoms with van der Waals surface area (Å²) in [7, 11) is -3.82. The van der Waals surface area contributed by atoms with Crippen LogP contribution >= 0.6 is 7.68 Å². The van der Waals surface area contributed by atoms with E-state index in [-0.39, 0.29) is 11.5 Å². The minimum atomic E-state index is -3.82.